The quantitative estimate of drug-likeness (QED) is 0.692. The average molecular weight is 279 g/mol. The molecule has 13 heavy (non-hydrogen) atoms. The van der Waals surface area contributed by atoms with Crippen molar-refractivity contribution < 1.29 is 0 Å². The van der Waals surface area contributed by atoms with E-state index in [1.165, 1.54) is 0 Å². The van der Waals surface area contributed by atoms with Crippen molar-refractivity contribution in [3.05, 3.63) is 36.7 Å². The smallest absolute Gasteiger partial charge is 0.0886 e. The van der Waals surface area contributed by atoms with E-state index in [4.69, 9.17) is 0 Å². The van der Waals surface area contributed by atoms with Crippen LogP contribution in [0.15, 0.2) is 36.7 Å². The fourth-order valence-electron chi connectivity index (χ4n) is 0.910. The van der Waals surface area contributed by atoms with Gasteiger partial charge in [0.05, 0.1) is 11.0 Å². The van der Waals surface area contributed by atoms with Crippen molar-refractivity contribution in [2.24, 2.45) is 0 Å². The van der Waals surface area contributed by atoms with Gasteiger partial charge in [-0.25, -0.2) is 0 Å². The Morgan fingerprint density at radius 3 is 1.69 bits per heavy atom. The zero-order valence-corrected chi connectivity index (χ0v) is 10.7. The summed E-state index contributed by atoms with van der Waals surface area (Å²) in [5, 5.41) is 0. The van der Waals surface area contributed by atoms with E-state index in [-0.39, 0.29) is 21.1 Å². The van der Waals surface area contributed by atoms with E-state index in [1.807, 2.05) is 24.3 Å². The third-order valence-corrected chi connectivity index (χ3v) is 1.38. The number of rotatable bonds is 0. The van der Waals surface area contributed by atoms with E-state index < -0.39 is 0 Å². The van der Waals surface area contributed by atoms with Crippen molar-refractivity contribution in [2.75, 3.05) is 0 Å². The van der Waals surface area contributed by atoms with Gasteiger partial charge in [0.25, 0.3) is 0 Å². The maximum Gasteiger partial charge on any atom is 0.0886 e. The Morgan fingerprint density at radius 2 is 1.31 bits per heavy atom. The van der Waals surface area contributed by atoms with Gasteiger partial charge in [-0.3, -0.25) is 9.97 Å². The van der Waals surface area contributed by atoms with Crippen molar-refractivity contribution in [3.63, 3.8) is 0 Å². The molecule has 0 atom stereocenters. The Balaban J connectivity index is 0.000000251. The minimum absolute atomic E-state index is 0.230. The third kappa shape index (κ3) is 3.30. The molecule has 0 aliphatic heterocycles. The van der Waals surface area contributed by atoms with E-state index in [1.54, 1.807) is 12.4 Å². The summed E-state index contributed by atoms with van der Waals surface area (Å²) in [6, 6.07) is 7.80. The monoisotopic (exact) mass is 280 g/mol. The molecule has 0 N–H and O–H groups in total. The molecule has 0 saturated carbocycles. The Morgan fingerprint density at radius 1 is 0.923 bits per heavy atom. The zero-order chi connectivity index (χ0) is 9.52. The summed E-state index contributed by atoms with van der Waals surface area (Å²) < 4.78 is 0. The van der Waals surface area contributed by atoms with E-state index in [2.05, 4.69) is 19.8 Å². The Hall–Kier alpha value is -0.641. The predicted octanol–water partition coefficient (Wildman–Crippen LogP) is 2.42. The van der Waals surface area contributed by atoms with E-state index in [0.717, 1.165) is 11.0 Å². The van der Waals surface area contributed by atoms with Gasteiger partial charge in [0.2, 0.25) is 0 Å². The zero-order valence-electron chi connectivity index (χ0n) is 7.86. The Labute approximate surface area is 88.6 Å². The topological polar surface area (TPSA) is 25.8 Å². The van der Waals surface area contributed by atoms with Gasteiger partial charge < -0.3 is 0 Å². The molecule has 0 unspecified atom stereocenters. The van der Waals surface area contributed by atoms with Crippen molar-refractivity contribution in [1.29, 1.82) is 0 Å². The maximum absolute atomic E-state index is 4.12. The second-order valence-corrected chi connectivity index (χ2v) is 5.40. The molecule has 0 fully saturated rings. The summed E-state index contributed by atoms with van der Waals surface area (Å²) in [6.45, 7) is 0. The first-order valence-electron chi connectivity index (χ1n) is 4.12. The molecule has 0 bridgehead atoms. The number of hydrogen-bond donors (Lipinski definition) is 0. The molecule has 0 aliphatic carbocycles. The number of para-hydroxylation sites is 2. The molecule has 1 aromatic carbocycles. The molecule has 1 heterocycles. The van der Waals surface area contributed by atoms with Crippen LogP contribution in [-0.2, 0) is 0 Å². The van der Waals surface area contributed by atoms with E-state index in [9.17, 15) is 0 Å². The average Bonchev–Trinajstić information content (AvgIpc) is 2.19. The maximum atomic E-state index is 4.12. The van der Waals surface area contributed by atoms with Crippen LogP contribution >= 0.6 is 0 Å². The van der Waals surface area contributed by atoms with Crippen LogP contribution in [0.1, 0.15) is 0 Å². The fourth-order valence-corrected chi connectivity index (χ4v) is 0.910. The van der Waals surface area contributed by atoms with E-state index in [0.29, 0.717) is 0 Å². The number of benzene rings is 1. The molecular formula is C10H12N2Sn. The minimum Gasteiger partial charge on any atom is -0.253 e. The molecule has 0 saturated heterocycles. The summed E-state index contributed by atoms with van der Waals surface area (Å²) in [5.74, 6) is 0. The number of fused-ring (bicyclic) bond motifs is 1. The van der Waals surface area contributed by atoms with E-state index >= 15 is 0 Å². The first-order chi connectivity index (χ1) is 6.38. The van der Waals surface area contributed by atoms with Crippen LogP contribution in [0.25, 0.3) is 11.0 Å². The molecule has 2 aromatic rings. The first kappa shape index (κ1) is 10.4. The normalized spacial score (nSPS) is 9.08. The SMILES string of the molecule is [CH3][Sn][CH3].c1ccc2nccnc2c1. The summed E-state index contributed by atoms with van der Waals surface area (Å²) in [7, 11) is 0. The van der Waals surface area contributed by atoms with Crippen LogP contribution in [0.4, 0.5) is 0 Å². The number of nitrogens with zero attached hydrogens (tertiary/aromatic N) is 2. The number of aromatic nitrogens is 2. The molecule has 2 rings (SSSR count). The van der Waals surface area contributed by atoms with Gasteiger partial charge in [-0.2, -0.15) is 0 Å². The third-order valence-electron chi connectivity index (χ3n) is 1.38. The van der Waals surface area contributed by atoms with Crippen LogP contribution in [0, 0.1) is 0 Å². The molecule has 0 amide bonds. The molecule has 66 valence electrons. The standard InChI is InChI=1S/C8H6N2.2CH3.Sn/c1-2-4-8-7(3-1)9-5-6-10-8;;;/h1-6H;2*1H3;. The van der Waals surface area contributed by atoms with Crippen molar-refractivity contribution in [3.8, 4) is 0 Å². The van der Waals surface area contributed by atoms with Gasteiger partial charge >= 0.3 is 31.0 Å². The molecule has 0 aliphatic rings. The van der Waals surface area contributed by atoms with Gasteiger partial charge in [0.1, 0.15) is 0 Å². The largest absolute Gasteiger partial charge is 0.253 e. The summed E-state index contributed by atoms with van der Waals surface area (Å²) in [5.41, 5.74) is 1.90. The second kappa shape index (κ2) is 5.91. The van der Waals surface area contributed by atoms with Crippen LogP contribution in [-0.4, -0.2) is 31.1 Å². The molecule has 0 spiro atoms. The molecule has 1 aromatic heterocycles. The minimum atomic E-state index is 0.230. The van der Waals surface area contributed by atoms with Crippen LogP contribution in [0.5, 0.6) is 0 Å². The second-order valence-electron chi connectivity index (χ2n) is 2.55. The summed E-state index contributed by atoms with van der Waals surface area (Å²) in [4.78, 5) is 12.8. The van der Waals surface area contributed by atoms with Gasteiger partial charge in [-0.15, -0.1) is 0 Å². The van der Waals surface area contributed by atoms with Crippen molar-refractivity contribution >= 4 is 32.2 Å². The Bertz CT molecular complexity index is 297. The van der Waals surface area contributed by atoms with Crippen molar-refractivity contribution in [2.45, 2.75) is 9.88 Å². The van der Waals surface area contributed by atoms with Gasteiger partial charge in [-0.05, 0) is 12.1 Å². The molecular weight excluding hydrogens is 267 g/mol. The molecule has 2 radical (unpaired) electrons. The first-order valence-corrected chi connectivity index (χ1v) is 9.83. The number of hydrogen-bond acceptors (Lipinski definition) is 2. The summed E-state index contributed by atoms with van der Waals surface area (Å²) in [6.07, 6.45) is 3.39. The molecule has 3 heteroatoms. The fraction of sp³-hybridized carbons (Fsp3) is 0.200. The van der Waals surface area contributed by atoms with Gasteiger partial charge in [0, 0.05) is 12.4 Å². The molecule has 2 nitrogen and oxygen atoms in total. The van der Waals surface area contributed by atoms with Gasteiger partial charge in [0.15, 0.2) is 0 Å². The van der Waals surface area contributed by atoms with Crippen molar-refractivity contribution in [1.82, 2.24) is 9.97 Å². The predicted molar refractivity (Wildman–Crippen MR) is 57.0 cm³/mol. The van der Waals surface area contributed by atoms with Crippen LogP contribution in [0.2, 0.25) is 9.88 Å². The van der Waals surface area contributed by atoms with Gasteiger partial charge in [-0.1, -0.05) is 12.1 Å². The van der Waals surface area contributed by atoms with Crippen LogP contribution < -0.4 is 0 Å². The summed E-state index contributed by atoms with van der Waals surface area (Å²) >= 11 is 0.230. The van der Waals surface area contributed by atoms with Crippen LogP contribution in [0.3, 0.4) is 0 Å². The Kier molecular flexibility index (Phi) is 4.75.